The Hall–Kier alpha value is -2.40. The van der Waals surface area contributed by atoms with Crippen molar-refractivity contribution in [3.8, 4) is 0 Å². The van der Waals surface area contributed by atoms with E-state index in [0.29, 0.717) is 5.41 Å². The summed E-state index contributed by atoms with van der Waals surface area (Å²) in [6.07, 6.45) is 3.83. The third kappa shape index (κ3) is 6.32. The lowest BCUT2D eigenvalue weighted by molar-refractivity contribution is -0.192. The molecule has 1 spiro atoms. The van der Waals surface area contributed by atoms with Crippen LogP contribution in [0.2, 0.25) is 0 Å². The molecule has 2 saturated heterocycles. The molecule has 0 aliphatic carbocycles. The fourth-order valence-electron chi connectivity index (χ4n) is 4.25. The van der Waals surface area contributed by atoms with E-state index < -0.39 is 12.1 Å². The number of rotatable bonds is 3. The first-order valence-corrected chi connectivity index (χ1v) is 11.3. The van der Waals surface area contributed by atoms with Gasteiger partial charge in [-0.15, -0.1) is 0 Å². The number of nitrogens with zero attached hydrogens (tertiary/aromatic N) is 4. The molecule has 2 fully saturated rings. The minimum absolute atomic E-state index is 0.213. The van der Waals surface area contributed by atoms with Gasteiger partial charge in [0.1, 0.15) is 0 Å². The Bertz CT molecular complexity index is 896. The van der Waals surface area contributed by atoms with Gasteiger partial charge in [-0.05, 0) is 55.6 Å². The van der Waals surface area contributed by atoms with Crippen LogP contribution in [0.1, 0.15) is 41.6 Å². The minimum Gasteiger partial charge on any atom is -0.475 e. The van der Waals surface area contributed by atoms with Crippen molar-refractivity contribution in [2.75, 3.05) is 26.2 Å². The van der Waals surface area contributed by atoms with E-state index in [-0.39, 0.29) is 5.91 Å². The van der Waals surface area contributed by atoms with Crippen molar-refractivity contribution < 1.29 is 27.9 Å². The standard InChI is InChI=1S/C19H26N4OS.C2HF3O2/c1-21-13-16(12-20-21)14-22-7-3-19(4-8-22)5-9-23(10-6-19)18(24)17-2-11-25-15-17;3-2(4,5)1(6)7/h2,11-13,15H,3-10,14H2,1H3;(H,6,7). The first-order chi connectivity index (χ1) is 15.1. The van der Waals surface area contributed by atoms with Gasteiger partial charge in [-0.2, -0.15) is 29.6 Å². The van der Waals surface area contributed by atoms with E-state index in [1.807, 2.05) is 34.8 Å². The van der Waals surface area contributed by atoms with E-state index in [9.17, 15) is 18.0 Å². The van der Waals surface area contributed by atoms with Gasteiger partial charge in [0, 0.05) is 43.8 Å². The number of piperidine rings is 2. The minimum atomic E-state index is -5.08. The summed E-state index contributed by atoms with van der Waals surface area (Å²) < 4.78 is 33.6. The Morgan fingerprint density at radius 3 is 2.22 bits per heavy atom. The van der Waals surface area contributed by atoms with Gasteiger partial charge in [0.25, 0.3) is 5.91 Å². The fourth-order valence-corrected chi connectivity index (χ4v) is 4.88. The molecule has 11 heteroatoms. The highest BCUT2D eigenvalue weighted by Gasteiger charge is 2.39. The predicted octanol–water partition coefficient (Wildman–Crippen LogP) is 3.63. The van der Waals surface area contributed by atoms with Gasteiger partial charge in [-0.25, -0.2) is 4.79 Å². The summed E-state index contributed by atoms with van der Waals surface area (Å²) in [5.74, 6) is -2.54. The normalized spacial score (nSPS) is 18.8. The van der Waals surface area contributed by atoms with E-state index in [2.05, 4.69) is 21.1 Å². The lowest BCUT2D eigenvalue weighted by Crippen LogP contribution is -2.48. The molecule has 1 amide bonds. The van der Waals surface area contributed by atoms with Crippen LogP contribution in [0.4, 0.5) is 13.2 Å². The number of carboxylic acids is 1. The number of hydrogen-bond acceptors (Lipinski definition) is 5. The second-order valence-corrected chi connectivity index (χ2v) is 9.19. The molecule has 2 aromatic rings. The maximum Gasteiger partial charge on any atom is 0.490 e. The molecule has 0 saturated carbocycles. The van der Waals surface area contributed by atoms with Crippen LogP contribution in [0.15, 0.2) is 29.2 Å². The smallest absolute Gasteiger partial charge is 0.475 e. The number of thiophene rings is 1. The summed E-state index contributed by atoms with van der Waals surface area (Å²) in [6, 6.07) is 1.94. The van der Waals surface area contributed by atoms with Gasteiger partial charge in [0.05, 0.1) is 11.8 Å². The van der Waals surface area contributed by atoms with Gasteiger partial charge in [0.15, 0.2) is 0 Å². The monoisotopic (exact) mass is 472 g/mol. The molecule has 176 valence electrons. The molecule has 0 aromatic carbocycles. The Morgan fingerprint density at radius 1 is 1.16 bits per heavy atom. The van der Waals surface area contributed by atoms with Crippen LogP contribution in [-0.2, 0) is 18.4 Å². The maximum atomic E-state index is 12.5. The molecule has 1 N–H and O–H groups in total. The van der Waals surface area contributed by atoms with Crippen LogP contribution in [-0.4, -0.2) is 68.9 Å². The van der Waals surface area contributed by atoms with Crippen molar-refractivity contribution in [1.82, 2.24) is 19.6 Å². The molecule has 0 radical (unpaired) electrons. The quantitative estimate of drug-likeness (QED) is 0.738. The van der Waals surface area contributed by atoms with E-state index >= 15 is 0 Å². The number of aromatic nitrogens is 2. The van der Waals surface area contributed by atoms with Crippen LogP contribution in [0, 0.1) is 5.41 Å². The van der Waals surface area contributed by atoms with Crippen LogP contribution in [0.25, 0.3) is 0 Å². The van der Waals surface area contributed by atoms with E-state index in [0.717, 1.165) is 51.1 Å². The van der Waals surface area contributed by atoms with Crippen LogP contribution in [0.3, 0.4) is 0 Å². The third-order valence-electron chi connectivity index (χ3n) is 6.20. The van der Waals surface area contributed by atoms with Gasteiger partial charge in [-0.3, -0.25) is 14.4 Å². The second kappa shape index (κ2) is 10.0. The zero-order valence-electron chi connectivity index (χ0n) is 17.8. The topological polar surface area (TPSA) is 78.7 Å². The number of aliphatic carboxylic acids is 1. The van der Waals surface area contributed by atoms with E-state index in [4.69, 9.17) is 9.90 Å². The van der Waals surface area contributed by atoms with Gasteiger partial charge in [0.2, 0.25) is 0 Å². The number of carboxylic acid groups (broad SMARTS) is 1. The first kappa shape index (κ1) is 24.2. The molecule has 7 nitrogen and oxygen atoms in total. The van der Waals surface area contributed by atoms with Crippen molar-refractivity contribution in [2.45, 2.75) is 38.4 Å². The molecule has 0 bridgehead atoms. The Labute approximate surface area is 188 Å². The number of hydrogen-bond donors (Lipinski definition) is 1. The molecule has 4 rings (SSSR count). The van der Waals surface area contributed by atoms with Gasteiger partial charge in [-0.1, -0.05) is 0 Å². The van der Waals surface area contributed by atoms with E-state index in [1.54, 1.807) is 11.3 Å². The zero-order chi connectivity index (χ0) is 23.4. The average Bonchev–Trinajstić information content (AvgIpc) is 3.42. The highest BCUT2D eigenvalue weighted by molar-refractivity contribution is 7.08. The number of alkyl halides is 3. The molecular formula is C21H27F3N4O3S. The SMILES string of the molecule is Cn1cc(CN2CCC3(CC2)CCN(C(=O)c2ccsc2)CC3)cn1.O=C(O)C(F)(F)F. The van der Waals surface area contributed by atoms with Crippen LogP contribution < -0.4 is 0 Å². The van der Waals surface area contributed by atoms with Crippen molar-refractivity contribution in [3.63, 3.8) is 0 Å². The van der Waals surface area contributed by atoms with Crippen molar-refractivity contribution in [1.29, 1.82) is 0 Å². The lowest BCUT2D eigenvalue weighted by atomic mass is 9.71. The Morgan fingerprint density at radius 2 is 1.75 bits per heavy atom. The summed E-state index contributed by atoms with van der Waals surface area (Å²) in [7, 11) is 1.97. The number of carbonyl (C=O) groups is 2. The van der Waals surface area contributed by atoms with E-state index in [1.165, 1.54) is 18.4 Å². The number of likely N-dealkylation sites (tertiary alicyclic amines) is 2. The summed E-state index contributed by atoms with van der Waals surface area (Å²) >= 11 is 1.60. The number of carbonyl (C=O) groups excluding carboxylic acids is 1. The maximum absolute atomic E-state index is 12.5. The summed E-state index contributed by atoms with van der Waals surface area (Å²) in [6.45, 7) is 5.15. The highest BCUT2D eigenvalue weighted by Crippen LogP contribution is 2.41. The highest BCUT2D eigenvalue weighted by atomic mass is 32.1. The average molecular weight is 473 g/mol. The van der Waals surface area contributed by atoms with Gasteiger partial charge >= 0.3 is 12.1 Å². The molecule has 0 atom stereocenters. The molecule has 0 unspecified atom stereocenters. The number of halogens is 3. The molecule has 4 heterocycles. The van der Waals surface area contributed by atoms with Crippen LogP contribution >= 0.6 is 11.3 Å². The lowest BCUT2D eigenvalue weighted by Gasteiger charge is -2.46. The summed E-state index contributed by atoms with van der Waals surface area (Å²) in [5.41, 5.74) is 2.61. The summed E-state index contributed by atoms with van der Waals surface area (Å²) in [5, 5.41) is 15.3. The second-order valence-electron chi connectivity index (χ2n) is 8.41. The van der Waals surface area contributed by atoms with Gasteiger partial charge < -0.3 is 10.0 Å². The van der Waals surface area contributed by atoms with Crippen molar-refractivity contribution >= 4 is 23.2 Å². The third-order valence-corrected chi connectivity index (χ3v) is 6.89. The molecular weight excluding hydrogens is 445 g/mol. The van der Waals surface area contributed by atoms with Crippen LogP contribution in [0.5, 0.6) is 0 Å². The van der Waals surface area contributed by atoms with Crippen molar-refractivity contribution in [3.05, 3.63) is 40.3 Å². The fraction of sp³-hybridized carbons (Fsp3) is 0.571. The number of aryl methyl sites for hydroxylation is 1. The van der Waals surface area contributed by atoms with Crippen molar-refractivity contribution in [2.24, 2.45) is 12.5 Å². The number of amides is 1. The molecule has 2 aliphatic heterocycles. The Kier molecular flexibility index (Phi) is 7.60. The first-order valence-electron chi connectivity index (χ1n) is 10.4. The zero-order valence-corrected chi connectivity index (χ0v) is 18.7. The largest absolute Gasteiger partial charge is 0.490 e. The summed E-state index contributed by atoms with van der Waals surface area (Å²) in [4.78, 5) is 26.0. The molecule has 32 heavy (non-hydrogen) atoms. The predicted molar refractivity (Wildman–Crippen MR) is 113 cm³/mol. The Balaban J connectivity index is 0.000000360. The molecule has 2 aliphatic rings. The molecule has 2 aromatic heterocycles.